The number of carbonyl (C=O) groups excluding carboxylic acids is 1. The van der Waals surface area contributed by atoms with Gasteiger partial charge in [-0.2, -0.15) is 0 Å². The van der Waals surface area contributed by atoms with E-state index in [0.29, 0.717) is 23.4 Å². The highest BCUT2D eigenvalue weighted by Crippen LogP contribution is 2.39. The minimum atomic E-state index is -0.466. The molecule has 0 bridgehead atoms. The maximum absolute atomic E-state index is 11.8. The Labute approximate surface area is 96.7 Å². The van der Waals surface area contributed by atoms with Gasteiger partial charge in [0.05, 0.1) is 17.7 Å². The largest absolute Gasteiger partial charge is 0.484 e. The van der Waals surface area contributed by atoms with E-state index in [1.165, 1.54) is 0 Å². The van der Waals surface area contributed by atoms with Crippen LogP contribution in [0, 0.1) is 0 Å². The fraction of sp³-hybridized carbons (Fsp3) is 0.364. The van der Waals surface area contributed by atoms with Gasteiger partial charge in [0.25, 0.3) is 0 Å². The molecule has 0 fully saturated rings. The second-order valence-electron chi connectivity index (χ2n) is 4.33. The predicted molar refractivity (Wildman–Crippen MR) is 62.2 cm³/mol. The molecule has 0 aromatic heterocycles. The third-order valence-corrected chi connectivity index (χ3v) is 2.81. The zero-order valence-corrected chi connectivity index (χ0v) is 10.2. The number of Topliss-reactive ketones (excluding diaryl/α,β-unsaturated/α-hetero) is 1. The van der Waals surface area contributed by atoms with Crippen LogP contribution in [0.3, 0.4) is 0 Å². The Morgan fingerprint density at radius 3 is 2.80 bits per heavy atom. The van der Waals surface area contributed by atoms with Gasteiger partial charge in [-0.05, 0) is 26.0 Å². The van der Waals surface area contributed by atoms with Crippen molar-refractivity contribution in [3.05, 3.63) is 22.2 Å². The molecule has 0 aliphatic carbocycles. The van der Waals surface area contributed by atoms with Crippen LogP contribution < -0.4 is 10.5 Å². The molecule has 0 unspecified atom stereocenters. The molecule has 0 radical (unpaired) electrons. The first-order valence-electron chi connectivity index (χ1n) is 4.70. The van der Waals surface area contributed by atoms with E-state index in [2.05, 4.69) is 15.9 Å². The van der Waals surface area contributed by atoms with Gasteiger partial charge < -0.3 is 10.5 Å². The van der Waals surface area contributed by atoms with E-state index in [4.69, 9.17) is 10.5 Å². The zero-order chi connectivity index (χ0) is 11.2. The second-order valence-corrected chi connectivity index (χ2v) is 5.25. The molecule has 1 aliphatic heterocycles. The van der Waals surface area contributed by atoms with E-state index in [1.807, 2.05) is 13.8 Å². The summed E-state index contributed by atoms with van der Waals surface area (Å²) < 4.78 is 6.51. The fourth-order valence-corrected chi connectivity index (χ4v) is 2.21. The van der Waals surface area contributed by atoms with Gasteiger partial charge in [0.1, 0.15) is 5.60 Å². The number of hydrogen-bond acceptors (Lipinski definition) is 3. The Hall–Kier alpha value is -1.03. The average molecular weight is 270 g/mol. The number of rotatable bonds is 0. The lowest BCUT2D eigenvalue weighted by Crippen LogP contribution is -2.36. The molecule has 0 saturated carbocycles. The maximum Gasteiger partial charge on any atom is 0.170 e. The smallest absolute Gasteiger partial charge is 0.170 e. The summed E-state index contributed by atoms with van der Waals surface area (Å²) in [5, 5.41) is 0. The Balaban J connectivity index is 2.60. The Morgan fingerprint density at radius 2 is 2.13 bits per heavy atom. The van der Waals surface area contributed by atoms with Gasteiger partial charge >= 0.3 is 0 Å². The van der Waals surface area contributed by atoms with E-state index in [0.717, 1.165) is 4.47 Å². The topological polar surface area (TPSA) is 52.3 Å². The molecule has 1 heterocycles. The maximum atomic E-state index is 11.8. The lowest BCUT2D eigenvalue weighted by molar-refractivity contribution is 0.0624. The van der Waals surface area contributed by atoms with E-state index in [9.17, 15) is 4.79 Å². The Kier molecular flexibility index (Phi) is 2.26. The standard InChI is InChI=1S/C11H12BrNO2/c1-11(2)5-9(14)7-3-6(12)4-8(13)10(7)15-11/h3-4H,5,13H2,1-2H3. The summed E-state index contributed by atoms with van der Waals surface area (Å²) in [5.41, 5.74) is 6.42. The van der Waals surface area contributed by atoms with Gasteiger partial charge in [-0.1, -0.05) is 15.9 Å². The molecule has 80 valence electrons. The van der Waals surface area contributed by atoms with Crippen molar-refractivity contribution in [2.45, 2.75) is 25.9 Å². The molecule has 0 spiro atoms. The van der Waals surface area contributed by atoms with E-state index in [1.54, 1.807) is 12.1 Å². The average Bonchev–Trinajstić information content (AvgIpc) is 2.06. The molecule has 1 aromatic carbocycles. The monoisotopic (exact) mass is 269 g/mol. The van der Waals surface area contributed by atoms with Gasteiger partial charge in [-0.15, -0.1) is 0 Å². The molecule has 3 nitrogen and oxygen atoms in total. The van der Waals surface area contributed by atoms with Crippen molar-refractivity contribution >= 4 is 27.4 Å². The molecule has 1 aliphatic rings. The van der Waals surface area contributed by atoms with Gasteiger partial charge in [-0.3, -0.25) is 4.79 Å². The van der Waals surface area contributed by atoms with Crippen molar-refractivity contribution < 1.29 is 9.53 Å². The van der Waals surface area contributed by atoms with Gasteiger partial charge in [0.2, 0.25) is 0 Å². The SMILES string of the molecule is CC1(C)CC(=O)c2cc(Br)cc(N)c2O1. The normalized spacial score (nSPS) is 18.2. The molecule has 4 heteroatoms. The molecule has 2 N–H and O–H groups in total. The number of nitrogens with two attached hydrogens (primary N) is 1. The highest BCUT2D eigenvalue weighted by Gasteiger charge is 2.33. The minimum absolute atomic E-state index is 0.0780. The van der Waals surface area contributed by atoms with Crippen LogP contribution in [0.5, 0.6) is 5.75 Å². The van der Waals surface area contributed by atoms with Crippen molar-refractivity contribution in [2.75, 3.05) is 5.73 Å². The highest BCUT2D eigenvalue weighted by atomic mass is 79.9. The number of fused-ring (bicyclic) bond motifs is 1. The first-order chi connectivity index (χ1) is 6.89. The van der Waals surface area contributed by atoms with Crippen molar-refractivity contribution in [2.24, 2.45) is 0 Å². The van der Waals surface area contributed by atoms with Crippen LogP contribution in [0.4, 0.5) is 5.69 Å². The summed E-state index contributed by atoms with van der Waals surface area (Å²) in [6.07, 6.45) is 0.385. The number of anilines is 1. The van der Waals surface area contributed by atoms with E-state index < -0.39 is 5.60 Å². The van der Waals surface area contributed by atoms with Crippen LogP contribution in [0.15, 0.2) is 16.6 Å². The third kappa shape index (κ3) is 1.86. The molecular formula is C11H12BrNO2. The second kappa shape index (κ2) is 3.23. The first kappa shape index (κ1) is 10.5. The van der Waals surface area contributed by atoms with Crippen LogP contribution in [-0.4, -0.2) is 11.4 Å². The lowest BCUT2D eigenvalue weighted by Gasteiger charge is -2.32. The summed E-state index contributed by atoms with van der Waals surface area (Å²) in [4.78, 5) is 11.8. The number of nitrogen functional groups attached to an aromatic ring is 1. The number of ketones is 1. The zero-order valence-electron chi connectivity index (χ0n) is 8.63. The van der Waals surface area contributed by atoms with Gasteiger partial charge in [-0.25, -0.2) is 0 Å². The first-order valence-corrected chi connectivity index (χ1v) is 5.49. The summed E-state index contributed by atoms with van der Waals surface area (Å²) in [7, 11) is 0. The Morgan fingerprint density at radius 1 is 1.47 bits per heavy atom. The number of benzene rings is 1. The molecule has 0 amide bonds. The number of hydrogen-bond donors (Lipinski definition) is 1. The van der Waals surface area contributed by atoms with E-state index in [-0.39, 0.29) is 5.78 Å². The number of carbonyl (C=O) groups is 1. The predicted octanol–water partition coefficient (Wildman–Crippen LogP) is 2.78. The third-order valence-electron chi connectivity index (χ3n) is 2.35. The summed E-state index contributed by atoms with van der Waals surface area (Å²) in [6, 6.07) is 3.50. The summed E-state index contributed by atoms with van der Waals surface area (Å²) in [6.45, 7) is 3.77. The Bertz CT molecular complexity index is 440. The molecule has 1 aromatic rings. The van der Waals surface area contributed by atoms with Crippen LogP contribution in [0.1, 0.15) is 30.6 Å². The van der Waals surface area contributed by atoms with Crippen LogP contribution >= 0.6 is 15.9 Å². The van der Waals surface area contributed by atoms with Crippen molar-refractivity contribution in [1.29, 1.82) is 0 Å². The fourth-order valence-electron chi connectivity index (χ4n) is 1.73. The minimum Gasteiger partial charge on any atom is -0.484 e. The number of halogens is 1. The van der Waals surface area contributed by atoms with Crippen LogP contribution in [0.2, 0.25) is 0 Å². The van der Waals surface area contributed by atoms with Gasteiger partial charge in [0.15, 0.2) is 11.5 Å². The van der Waals surface area contributed by atoms with E-state index >= 15 is 0 Å². The lowest BCUT2D eigenvalue weighted by atomic mass is 9.93. The van der Waals surface area contributed by atoms with Crippen LogP contribution in [-0.2, 0) is 0 Å². The van der Waals surface area contributed by atoms with Crippen LogP contribution in [0.25, 0.3) is 0 Å². The molecular weight excluding hydrogens is 258 g/mol. The van der Waals surface area contributed by atoms with Crippen molar-refractivity contribution in [1.82, 2.24) is 0 Å². The quantitative estimate of drug-likeness (QED) is 0.737. The van der Waals surface area contributed by atoms with Gasteiger partial charge in [0, 0.05) is 4.47 Å². The van der Waals surface area contributed by atoms with Crippen molar-refractivity contribution in [3.63, 3.8) is 0 Å². The summed E-state index contributed by atoms with van der Waals surface area (Å²) >= 11 is 3.31. The highest BCUT2D eigenvalue weighted by molar-refractivity contribution is 9.10. The number of ether oxygens (including phenoxy) is 1. The molecule has 2 rings (SSSR count). The molecule has 15 heavy (non-hydrogen) atoms. The molecule has 0 saturated heterocycles. The molecule has 0 atom stereocenters. The summed E-state index contributed by atoms with van der Waals surface area (Å²) in [5.74, 6) is 0.591. The van der Waals surface area contributed by atoms with Crippen molar-refractivity contribution in [3.8, 4) is 5.75 Å².